The summed E-state index contributed by atoms with van der Waals surface area (Å²) in [6.45, 7) is 7.78. The molecule has 0 aliphatic carbocycles. The van der Waals surface area contributed by atoms with E-state index >= 15 is 0 Å². The molecule has 0 spiro atoms. The molecule has 8 N–H and O–H groups in total. The number of nitrogen functional groups attached to an aromatic ring is 2. The van der Waals surface area contributed by atoms with E-state index in [4.69, 9.17) is 41.9 Å². The van der Waals surface area contributed by atoms with Gasteiger partial charge in [0.15, 0.2) is 0 Å². The van der Waals surface area contributed by atoms with Crippen molar-refractivity contribution in [1.82, 2.24) is 24.0 Å². The third kappa shape index (κ3) is 7.38. The van der Waals surface area contributed by atoms with Gasteiger partial charge in [0.2, 0.25) is 23.7 Å². The SMILES string of the molecule is COc1cc(C(N)=O)cc2nc(N)n(C/C=C/Cn3c(N)nc4cc(C(N)=O)cc(OCCCOC5CN(C(=O)OC(C)(C)C)C5)c43)c12. The first kappa shape index (κ1) is 33.8. The summed E-state index contributed by atoms with van der Waals surface area (Å²) < 4.78 is 26.3. The number of amides is 3. The Balaban J connectivity index is 1.24. The maximum atomic E-state index is 12.1. The second kappa shape index (κ2) is 13.7. The van der Waals surface area contributed by atoms with E-state index < -0.39 is 17.4 Å². The van der Waals surface area contributed by atoms with Gasteiger partial charge in [0.25, 0.3) is 0 Å². The van der Waals surface area contributed by atoms with Gasteiger partial charge in [-0.25, -0.2) is 14.8 Å². The Morgan fingerprint density at radius 3 is 1.88 bits per heavy atom. The van der Waals surface area contributed by atoms with Crippen molar-refractivity contribution in [3.05, 3.63) is 47.5 Å². The highest BCUT2D eigenvalue weighted by molar-refractivity contribution is 5.99. The number of ether oxygens (including phenoxy) is 4. The molecule has 4 aromatic rings. The molecule has 48 heavy (non-hydrogen) atoms. The van der Waals surface area contributed by atoms with E-state index in [1.165, 1.54) is 7.11 Å². The molecule has 2 aromatic carbocycles. The first-order valence-corrected chi connectivity index (χ1v) is 15.4. The Hall–Kier alpha value is -5.51. The minimum absolute atomic E-state index is 0.0696. The van der Waals surface area contributed by atoms with Crippen molar-refractivity contribution in [1.29, 1.82) is 0 Å². The number of hydrogen-bond acceptors (Lipinski definition) is 11. The van der Waals surface area contributed by atoms with Gasteiger partial charge in [-0.05, 0) is 45.0 Å². The summed E-state index contributed by atoms with van der Waals surface area (Å²) in [5, 5.41) is 0. The molecule has 16 nitrogen and oxygen atoms in total. The van der Waals surface area contributed by atoms with Gasteiger partial charge in [0.1, 0.15) is 28.1 Å². The van der Waals surface area contributed by atoms with E-state index in [0.29, 0.717) is 72.8 Å². The number of allylic oxidation sites excluding steroid dienone is 2. The minimum atomic E-state index is -0.624. The maximum absolute atomic E-state index is 12.1. The van der Waals surface area contributed by atoms with Crippen LogP contribution < -0.4 is 32.4 Å². The lowest BCUT2D eigenvalue weighted by Gasteiger charge is -2.39. The van der Waals surface area contributed by atoms with Crippen molar-refractivity contribution in [3.8, 4) is 11.5 Å². The van der Waals surface area contributed by atoms with Crippen LogP contribution in [0, 0.1) is 0 Å². The van der Waals surface area contributed by atoms with Gasteiger partial charge in [-0.15, -0.1) is 0 Å². The van der Waals surface area contributed by atoms with E-state index in [9.17, 15) is 14.4 Å². The molecule has 1 aliphatic rings. The second-order valence-corrected chi connectivity index (χ2v) is 12.3. The molecule has 256 valence electrons. The van der Waals surface area contributed by atoms with Crippen LogP contribution in [0.4, 0.5) is 16.7 Å². The Morgan fingerprint density at radius 2 is 1.38 bits per heavy atom. The number of likely N-dealkylation sites (tertiary alicyclic amines) is 1. The zero-order valence-corrected chi connectivity index (χ0v) is 27.4. The average molecular weight is 664 g/mol. The molecule has 0 bridgehead atoms. The largest absolute Gasteiger partial charge is 0.494 e. The molecular weight excluding hydrogens is 622 g/mol. The number of nitrogens with zero attached hydrogens (tertiary/aromatic N) is 5. The van der Waals surface area contributed by atoms with Crippen LogP contribution in [0.5, 0.6) is 11.5 Å². The molecule has 5 rings (SSSR count). The zero-order valence-electron chi connectivity index (χ0n) is 27.4. The number of aromatic nitrogens is 4. The summed E-state index contributed by atoms with van der Waals surface area (Å²) in [6, 6.07) is 6.26. The van der Waals surface area contributed by atoms with E-state index in [-0.39, 0.29) is 41.8 Å². The Morgan fingerprint density at radius 1 is 0.854 bits per heavy atom. The molecule has 16 heteroatoms. The van der Waals surface area contributed by atoms with E-state index in [2.05, 4.69) is 9.97 Å². The fourth-order valence-corrected chi connectivity index (χ4v) is 5.29. The summed E-state index contributed by atoms with van der Waals surface area (Å²) in [5.41, 5.74) is 25.6. The standard InChI is InChI=1S/C32H41N9O7/c1-32(2,3)48-31(44)39-16-20(17-39)46-10-7-11-47-24-15-19(28(34)43)13-22-26(24)41(30(36)38-22)9-6-5-8-40-25-21(37-29(40)35)12-18(27(33)42)14-23(25)45-4/h5-6,12-15,20H,7-11,16-17H2,1-4H3,(H2,33,42)(H2,34,43)(H2,35,37)(H2,36,38)/b6-5+. The summed E-state index contributed by atoms with van der Waals surface area (Å²) in [4.78, 5) is 46.3. The third-order valence-electron chi connectivity index (χ3n) is 7.60. The summed E-state index contributed by atoms with van der Waals surface area (Å²) in [7, 11) is 1.49. The van der Waals surface area contributed by atoms with Crippen LogP contribution in [0.25, 0.3) is 22.1 Å². The third-order valence-corrected chi connectivity index (χ3v) is 7.60. The molecule has 2 aromatic heterocycles. The number of imidazole rings is 2. The van der Waals surface area contributed by atoms with E-state index in [1.807, 2.05) is 32.9 Å². The monoisotopic (exact) mass is 663 g/mol. The lowest BCUT2D eigenvalue weighted by molar-refractivity contribution is -0.0647. The van der Waals surface area contributed by atoms with Crippen molar-refractivity contribution in [2.45, 2.75) is 52.0 Å². The number of nitrogens with two attached hydrogens (primary N) is 4. The highest BCUT2D eigenvalue weighted by atomic mass is 16.6. The highest BCUT2D eigenvalue weighted by Gasteiger charge is 2.34. The zero-order chi connectivity index (χ0) is 34.7. The maximum Gasteiger partial charge on any atom is 0.410 e. The fourth-order valence-electron chi connectivity index (χ4n) is 5.29. The Bertz CT molecular complexity index is 1880. The molecule has 3 amide bonds. The Labute approximate surface area is 276 Å². The van der Waals surface area contributed by atoms with E-state index in [0.717, 1.165) is 0 Å². The number of fused-ring (bicyclic) bond motifs is 2. The van der Waals surface area contributed by atoms with Gasteiger partial charge < -0.3 is 55.9 Å². The quantitative estimate of drug-likeness (QED) is 0.120. The number of hydrogen-bond donors (Lipinski definition) is 4. The van der Waals surface area contributed by atoms with Crippen LogP contribution in [0.3, 0.4) is 0 Å². The summed E-state index contributed by atoms with van der Waals surface area (Å²) in [6.07, 6.45) is 3.89. The second-order valence-electron chi connectivity index (χ2n) is 12.3. The molecule has 1 saturated heterocycles. The van der Waals surface area contributed by atoms with Crippen molar-refractivity contribution in [2.75, 3.05) is 44.9 Å². The molecular formula is C32H41N9O7. The van der Waals surface area contributed by atoms with Crippen LogP contribution in [-0.2, 0) is 22.6 Å². The van der Waals surface area contributed by atoms with Crippen molar-refractivity contribution >= 4 is 51.9 Å². The number of carbonyl (C=O) groups is 3. The van der Waals surface area contributed by atoms with Crippen LogP contribution >= 0.6 is 0 Å². The number of methoxy groups -OCH3 is 1. The summed E-state index contributed by atoms with van der Waals surface area (Å²) in [5.74, 6) is 0.0434. The van der Waals surface area contributed by atoms with Gasteiger partial charge >= 0.3 is 6.09 Å². The van der Waals surface area contributed by atoms with Crippen LogP contribution in [0.1, 0.15) is 47.9 Å². The van der Waals surface area contributed by atoms with Gasteiger partial charge in [0.05, 0.1) is 50.6 Å². The molecule has 0 radical (unpaired) electrons. The van der Waals surface area contributed by atoms with Gasteiger partial charge in [0, 0.05) is 30.6 Å². The van der Waals surface area contributed by atoms with Crippen LogP contribution in [0.15, 0.2) is 36.4 Å². The van der Waals surface area contributed by atoms with Gasteiger partial charge in [-0.1, -0.05) is 12.2 Å². The molecule has 0 saturated carbocycles. The predicted molar refractivity (Wildman–Crippen MR) is 179 cm³/mol. The van der Waals surface area contributed by atoms with Gasteiger partial charge in [-0.2, -0.15) is 0 Å². The van der Waals surface area contributed by atoms with Crippen LogP contribution in [0.2, 0.25) is 0 Å². The van der Waals surface area contributed by atoms with Crippen molar-refractivity contribution in [2.24, 2.45) is 11.5 Å². The van der Waals surface area contributed by atoms with Crippen molar-refractivity contribution < 1.29 is 33.3 Å². The first-order valence-electron chi connectivity index (χ1n) is 15.4. The molecule has 0 atom stereocenters. The molecule has 1 fully saturated rings. The summed E-state index contributed by atoms with van der Waals surface area (Å²) >= 11 is 0. The highest BCUT2D eigenvalue weighted by Crippen LogP contribution is 2.31. The lowest BCUT2D eigenvalue weighted by Crippen LogP contribution is -2.56. The normalized spacial score (nSPS) is 13.7. The number of anilines is 2. The van der Waals surface area contributed by atoms with Crippen LogP contribution in [-0.4, -0.2) is 87.0 Å². The average Bonchev–Trinajstić information content (AvgIpc) is 3.48. The smallest absolute Gasteiger partial charge is 0.410 e. The lowest BCUT2D eigenvalue weighted by atomic mass is 10.1. The van der Waals surface area contributed by atoms with E-state index in [1.54, 1.807) is 38.3 Å². The number of primary amides is 2. The fraction of sp³-hybridized carbons (Fsp3) is 0.406. The Kier molecular flexibility index (Phi) is 9.65. The molecule has 3 heterocycles. The van der Waals surface area contributed by atoms with Gasteiger partial charge in [-0.3, -0.25) is 9.59 Å². The number of benzene rings is 2. The molecule has 1 aliphatic heterocycles. The predicted octanol–water partition coefficient (Wildman–Crippen LogP) is 2.42. The van der Waals surface area contributed by atoms with Crippen molar-refractivity contribution in [3.63, 3.8) is 0 Å². The first-order chi connectivity index (χ1) is 22.8. The molecule has 0 unspecified atom stereocenters. The number of carbonyl (C=O) groups excluding carboxylic acids is 3. The number of rotatable bonds is 13. The topological polar surface area (TPSA) is 231 Å². The minimum Gasteiger partial charge on any atom is -0.494 e.